The first-order valence-electron chi connectivity index (χ1n) is 8.38. The van der Waals surface area contributed by atoms with Gasteiger partial charge in [0.25, 0.3) is 0 Å². The lowest BCUT2D eigenvalue weighted by Crippen LogP contribution is -2.46. The van der Waals surface area contributed by atoms with E-state index < -0.39 is 0 Å². The molecule has 0 radical (unpaired) electrons. The quantitative estimate of drug-likeness (QED) is 0.681. The maximum Gasteiger partial charge on any atom is 0.0119 e. The molecule has 1 saturated carbocycles. The van der Waals surface area contributed by atoms with Crippen molar-refractivity contribution < 1.29 is 0 Å². The minimum atomic E-state index is 0.735. The summed E-state index contributed by atoms with van der Waals surface area (Å²) in [5.41, 5.74) is 0. The van der Waals surface area contributed by atoms with Crippen molar-refractivity contribution in [2.45, 2.75) is 70.5 Å². The monoisotopic (exact) mass is 267 g/mol. The van der Waals surface area contributed by atoms with Crippen LogP contribution in [0.1, 0.15) is 52.4 Å². The lowest BCUT2D eigenvalue weighted by Gasteiger charge is -2.39. The number of nitrogens with zero attached hydrogens (tertiary/aromatic N) is 2. The van der Waals surface area contributed by atoms with Crippen molar-refractivity contribution in [3.8, 4) is 0 Å². The average molecular weight is 267 g/mol. The van der Waals surface area contributed by atoms with Gasteiger partial charge < -0.3 is 15.1 Å². The fourth-order valence-electron chi connectivity index (χ4n) is 3.20. The van der Waals surface area contributed by atoms with Crippen LogP contribution in [0.5, 0.6) is 0 Å². The van der Waals surface area contributed by atoms with Gasteiger partial charge in [0.1, 0.15) is 0 Å². The molecule has 0 amide bonds. The van der Waals surface area contributed by atoms with Gasteiger partial charge >= 0.3 is 0 Å². The van der Waals surface area contributed by atoms with Crippen LogP contribution in [0.25, 0.3) is 0 Å². The van der Waals surface area contributed by atoms with E-state index in [4.69, 9.17) is 0 Å². The third-order valence-electron chi connectivity index (χ3n) is 5.08. The smallest absolute Gasteiger partial charge is 0.0119 e. The average Bonchev–Trinajstić information content (AvgIpc) is 3.27. The summed E-state index contributed by atoms with van der Waals surface area (Å²) in [6.45, 7) is 9.71. The van der Waals surface area contributed by atoms with E-state index in [9.17, 15) is 0 Å². The molecule has 2 aliphatic rings. The Kier molecular flexibility index (Phi) is 6.11. The second kappa shape index (κ2) is 7.61. The van der Waals surface area contributed by atoms with Crippen molar-refractivity contribution in [3.63, 3.8) is 0 Å². The molecule has 2 fully saturated rings. The van der Waals surface area contributed by atoms with Gasteiger partial charge in [0, 0.05) is 18.1 Å². The normalized spacial score (nSPS) is 24.0. The molecule has 1 N–H and O–H groups in total. The summed E-state index contributed by atoms with van der Waals surface area (Å²) in [4.78, 5) is 5.22. The molecule has 0 aromatic heterocycles. The van der Waals surface area contributed by atoms with Crippen LogP contribution in [0.4, 0.5) is 0 Å². The standard InChI is InChI=1S/C16H33N3/c1-4-19-12-9-16(10-13-19)18(3)14(2)6-5-11-17-15-7-8-15/h14-17H,4-13H2,1-3H3. The molecule has 19 heavy (non-hydrogen) atoms. The minimum Gasteiger partial charge on any atom is -0.314 e. The second-order valence-electron chi connectivity index (χ2n) is 6.55. The number of hydrogen-bond acceptors (Lipinski definition) is 3. The van der Waals surface area contributed by atoms with Crippen LogP contribution in [0, 0.1) is 0 Å². The lowest BCUT2D eigenvalue weighted by atomic mass is 10.0. The largest absolute Gasteiger partial charge is 0.314 e. The van der Waals surface area contributed by atoms with Crippen molar-refractivity contribution >= 4 is 0 Å². The van der Waals surface area contributed by atoms with E-state index >= 15 is 0 Å². The number of likely N-dealkylation sites (tertiary alicyclic amines) is 1. The SMILES string of the molecule is CCN1CCC(N(C)C(C)CCCNC2CC2)CC1. The van der Waals surface area contributed by atoms with Crippen molar-refractivity contribution in [1.29, 1.82) is 0 Å². The topological polar surface area (TPSA) is 18.5 Å². The summed E-state index contributed by atoms with van der Waals surface area (Å²) in [5, 5.41) is 3.62. The van der Waals surface area contributed by atoms with E-state index in [-0.39, 0.29) is 0 Å². The van der Waals surface area contributed by atoms with Gasteiger partial charge in [0.05, 0.1) is 0 Å². The fourth-order valence-corrected chi connectivity index (χ4v) is 3.20. The van der Waals surface area contributed by atoms with Crippen LogP contribution in [-0.2, 0) is 0 Å². The highest BCUT2D eigenvalue weighted by atomic mass is 15.2. The summed E-state index contributed by atoms with van der Waals surface area (Å²) in [7, 11) is 2.34. The molecular formula is C16H33N3. The Balaban J connectivity index is 1.59. The van der Waals surface area contributed by atoms with Gasteiger partial charge in [-0.1, -0.05) is 6.92 Å². The molecular weight excluding hydrogens is 234 g/mol. The van der Waals surface area contributed by atoms with Gasteiger partial charge in [-0.15, -0.1) is 0 Å². The van der Waals surface area contributed by atoms with Crippen LogP contribution in [0.2, 0.25) is 0 Å². The van der Waals surface area contributed by atoms with Gasteiger partial charge in [-0.3, -0.25) is 0 Å². The lowest BCUT2D eigenvalue weighted by molar-refractivity contribution is 0.100. The summed E-state index contributed by atoms with van der Waals surface area (Å²) < 4.78 is 0. The molecule has 3 nitrogen and oxygen atoms in total. The van der Waals surface area contributed by atoms with E-state index in [1.54, 1.807) is 0 Å². The zero-order valence-corrected chi connectivity index (χ0v) is 13.2. The van der Waals surface area contributed by atoms with Crippen LogP contribution in [-0.4, -0.2) is 61.2 Å². The zero-order chi connectivity index (χ0) is 13.7. The Morgan fingerprint density at radius 3 is 2.47 bits per heavy atom. The second-order valence-corrected chi connectivity index (χ2v) is 6.55. The third kappa shape index (κ3) is 5.05. The van der Waals surface area contributed by atoms with E-state index in [0.29, 0.717) is 0 Å². The van der Waals surface area contributed by atoms with Crippen molar-refractivity contribution in [2.75, 3.05) is 33.2 Å². The van der Waals surface area contributed by atoms with Crippen LogP contribution >= 0.6 is 0 Å². The number of nitrogens with one attached hydrogen (secondary N) is 1. The Morgan fingerprint density at radius 2 is 1.89 bits per heavy atom. The molecule has 0 bridgehead atoms. The van der Waals surface area contributed by atoms with Crippen molar-refractivity contribution in [1.82, 2.24) is 15.1 Å². The van der Waals surface area contributed by atoms with Crippen LogP contribution < -0.4 is 5.32 Å². The van der Waals surface area contributed by atoms with Gasteiger partial charge in [0.15, 0.2) is 0 Å². The molecule has 1 aliphatic heterocycles. The summed E-state index contributed by atoms with van der Waals surface area (Å²) in [6.07, 6.45) is 8.20. The highest BCUT2D eigenvalue weighted by Gasteiger charge is 2.24. The Bertz CT molecular complexity index is 244. The van der Waals surface area contributed by atoms with E-state index in [1.165, 1.54) is 64.7 Å². The molecule has 2 rings (SSSR count). The number of hydrogen-bond donors (Lipinski definition) is 1. The first kappa shape index (κ1) is 15.3. The number of rotatable bonds is 8. The molecule has 1 aliphatic carbocycles. The summed E-state index contributed by atoms with van der Waals surface area (Å²) >= 11 is 0. The fraction of sp³-hybridized carbons (Fsp3) is 1.00. The zero-order valence-electron chi connectivity index (χ0n) is 13.2. The van der Waals surface area contributed by atoms with Crippen molar-refractivity contribution in [3.05, 3.63) is 0 Å². The predicted octanol–water partition coefficient (Wildman–Crippen LogP) is 2.32. The molecule has 112 valence electrons. The Labute approximate surface area is 119 Å². The molecule has 1 atom stereocenters. The molecule has 0 spiro atoms. The van der Waals surface area contributed by atoms with E-state index in [0.717, 1.165) is 18.1 Å². The molecule has 1 unspecified atom stereocenters. The maximum atomic E-state index is 3.62. The molecule has 3 heteroatoms. The third-order valence-corrected chi connectivity index (χ3v) is 5.08. The van der Waals surface area contributed by atoms with Crippen molar-refractivity contribution in [2.24, 2.45) is 0 Å². The molecule has 0 aromatic carbocycles. The predicted molar refractivity (Wildman–Crippen MR) is 82.6 cm³/mol. The number of piperidine rings is 1. The first-order chi connectivity index (χ1) is 9.20. The highest BCUT2D eigenvalue weighted by Crippen LogP contribution is 2.20. The minimum absolute atomic E-state index is 0.735. The maximum absolute atomic E-state index is 3.62. The molecule has 0 aromatic rings. The summed E-state index contributed by atoms with van der Waals surface area (Å²) in [5.74, 6) is 0. The first-order valence-corrected chi connectivity index (χ1v) is 8.38. The Morgan fingerprint density at radius 1 is 1.21 bits per heavy atom. The van der Waals surface area contributed by atoms with Crippen LogP contribution in [0.15, 0.2) is 0 Å². The summed E-state index contributed by atoms with van der Waals surface area (Å²) in [6, 6.07) is 2.42. The van der Waals surface area contributed by atoms with Gasteiger partial charge in [-0.25, -0.2) is 0 Å². The Hall–Kier alpha value is -0.120. The van der Waals surface area contributed by atoms with Gasteiger partial charge in [-0.05, 0) is 78.7 Å². The van der Waals surface area contributed by atoms with Gasteiger partial charge in [-0.2, -0.15) is 0 Å². The highest BCUT2D eigenvalue weighted by molar-refractivity contribution is 4.82. The van der Waals surface area contributed by atoms with Gasteiger partial charge in [0.2, 0.25) is 0 Å². The molecule has 1 heterocycles. The van der Waals surface area contributed by atoms with E-state index in [2.05, 4.69) is 36.0 Å². The molecule has 1 saturated heterocycles. The van der Waals surface area contributed by atoms with Crippen LogP contribution in [0.3, 0.4) is 0 Å². The van der Waals surface area contributed by atoms with E-state index in [1.807, 2.05) is 0 Å².